The molecule has 0 unspecified atom stereocenters. The Morgan fingerprint density at radius 2 is 2.00 bits per heavy atom. The normalized spacial score (nSPS) is 24.8. The van der Waals surface area contributed by atoms with Gasteiger partial charge in [-0.2, -0.15) is 0 Å². The Labute approximate surface area is 135 Å². The lowest BCUT2D eigenvalue weighted by molar-refractivity contribution is -0.0164. The molecule has 22 heavy (non-hydrogen) atoms. The number of halogens is 1. The van der Waals surface area contributed by atoms with Crippen molar-refractivity contribution in [2.75, 3.05) is 19.6 Å². The first kappa shape index (κ1) is 15.5. The Balaban J connectivity index is 1.54. The quantitative estimate of drug-likeness (QED) is 0.780. The molecule has 2 aliphatic heterocycles. The highest BCUT2D eigenvalue weighted by molar-refractivity contribution is 6.28. The van der Waals surface area contributed by atoms with Crippen molar-refractivity contribution < 1.29 is 9.53 Å². The minimum Gasteiger partial charge on any atom is -0.444 e. The fourth-order valence-corrected chi connectivity index (χ4v) is 3.16. The highest BCUT2D eigenvalue weighted by Gasteiger charge is 2.48. The summed E-state index contributed by atoms with van der Waals surface area (Å²) in [6, 6.07) is 0.267. The number of hydrogen-bond donors (Lipinski definition) is 0. The second-order valence-electron chi connectivity index (χ2n) is 7.01. The van der Waals surface area contributed by atoms with Crippen molar-refractivity contribution in [1.82, 2.24) is 19.8 Å². The van der Waals surface area contributed by atoms with E-state index in [2.05, 4.69) is 14.9 Å². The number of aromatic nitrogens is 2. The Hall–Kier alpha value is -1.40. The second kappa shape index (κ2) is 5.66. The monoisotopic (exact) mass is 324 g/mol. The lowest BCUT2D eigenvalue weighted by Gasteiger charge is -2.43. The van der Waals surface area contributed by atoms with Gasteiger partial charge in [0, 0.05) is 50.1 Å². The summed E-state index contributed by atoms with van der Waals surface area (Å²) in [4.78, 5) is 24.3. The van der Waals surface area contributed by atoms with Crippen LogP contribution in [0.15, 0.2) is 12.4 Å². The van der Waals surface area contributed by atoms with Gasteiger partial charge in [0.15, 0.2) is 0 Å². The Kier molecular flexibility index (Phi) is 3.99. The van der Waals surface area contributed by atoms with Crippen LogP contribution >= 0.6 is 11.6 Å². The van der Waals surface area contributed by atoms with Gasteiger partial charge in [-0.3, -0.25) is 4.90 Å². The molecule has 1 aromatic rings. The van der Waals surface area contributed by atoms with Crippen molar-refractivity contribution in [2.24, 2.45) is 5.92 Å². The van der Waals surface area contributed by atoms with Gasteiger partial charge in [0.2, 0.25) is 5.28 Å². The standard InChI is InChI=1S/C15H21ClN4O2/c1-15(2,3)22-14(21)20-8-11-7-19(9-12(11)20)6-10-4-17-13(16)18-5-10/h4-5,11-12H,6-9H2,1-3H3/t11-,12-/m0/s1. The van der Waals surface area contributed by atoms with E-state index in [-0.39, 0.29) is 17.4 Å². The summed E-state index contributed by atoms with van der Waals surface area (Å²) in [5, 5.41) is 0.265. The molecule has 2 fully saturated rings. The first-order chi connectivity index (χ1) is 10.3. The van der Waals surface area contributed by atoms with Crippen LogP contribution in [0.5, 0.6) is 0 Å². The van der Waals surface area contributed by atoms with Crippen molar-refractivity contribution in [3.05, 3.63) is 23.2 Å². The predicted molar refractivity (Wildman–Crippen MR) is 82.5 cm³/mol. The zero-order valence-electron chi connectivity index (χ0n) is 13.1. The number of hydrogen-bond acceptors (Lipinski definition) is 5. The molecule has 0 radical (unpaired) electrons. The second-order valence-corrected chi connectivity index (χ2v) is 7.35. The summed E-state index contributed by atoms with van der Waals surface area (Å²) in [7, 11) is 0. The topological polar surface area (TPSA) is 58.6 Å². The molecule has 0 spiro atoms. The van der Waals surface area contributed by atoms with E-state index >= 15 is 0 Å². The molecule has 2 aliphatic rings. The number of fused-ring (bicyclic) bond motifs is 1. The molecule has 0 saturated carbocycles. The lowest BCUT2D eigenvalue weighted by atomic mass is 9.93. The van der Waals surface area contributed by atoms with Crippen molar-refractivity contribution in [3.8, 4) is 0 Å². The van der Waals surface area contributed by atoms with Gasteiger partial charge in [-0.15, -0.1) is 0 Å². The Bertz CT molecular complexity index is 558. The molecule has 6 nitrogen and oxygen atoms in total. The highest BCUT2D eigenvalue weighted by atomic mass is 35.5. The zero-order chi connectivity index (χ0) is 15.9. The van der Waals surface area contributed by atoms with Crippen LogP contribution < -0.4 is 0 Å². The lowest BCUT2D eigenvalue weighted by Crippen LogP contribution is -2.59. The predicted octanol–water partition coefficient (Wildman–Crippen LogP) is 2.18. The Morgan fingerprint density at radius 1 is 1.32 bits per heavy atom. The smallest absolute Gasteiger partial charge is 0.410 e. The average molecular weight is 325 g/mol. The van der Waals surface area contributed by atoms with Gasteiger partial charge < -0.3 is 9.64 Å². The molecule has 7 heteroatoms. The summed E-state index contributed by atoms with van der Waals surface area (Å²) in [6.07, 6.45) is 3.30. The van der Waals surface area contributed by atoms with Gasteiger partial charge in [-0.1, -0.05) is 0 Å². The molecule has 2 saturated heterocycles. The van der Waals surface area contributed by atoms with Crippen LogP contribution in [-0.2, 0) is 11.3 Å². The highest BCUT2D eigenvalue weighted by Crippen LogP contribution is 2.34. The number of nitrogens with zero attached hydrogens (tertiary/aromatic N) is 4. The molecule has 3 heterocycles. The van der Waals surface area contributed by atoms with Gasteiger partial charge in [-0.25, -0.2) is 14.8 Å². The molecule has 0 aliphatic carbocycles. The molecule has 120 valence electrons. The first-order valence-corrected chi connectivity index (χ1v) is 7.88. The van der Waals surface area contributed by atoms with Crippen LogP contribution in [0, 0.1) is 5.92 Å². The summed E-state index contributed by atoms with van der Waals surface area (Å²) in [5.41, 5.74) is 0.593. The maximum atomic E-state index is 12.1. The SMILES string of the molecule is CC(C)(C)OC(=O)N1C[C@@H]2CN(Cc3cnc(Cl)nc3)C[C@@H]21. The third-order valence-corrected chi connectivity index (χ3v) is 4.22. The summed E-state index contributed by atoms with van der Waals surface area (Å²) in [5.74, 6) is 0.542. The summed E-state index contributed by atoms with van der Waals surface area (Å²) >= 11 is 5.70. The van der Waals surface area contributed by atoms with E-state index < -0.39 is 5.60 Å². The minimum atomic E-state index is -0.443. The van der Waals surface area contributed by atoms with Crippen molar-refractivity contribution in [1.29, 1.82) is 0 Å². The van der Waals surface area contributed by atoms with Gasteiger partial charge in [0.1, 0.15) is 5.60 Å². The third kappa shape index (κ3) is 3.33. The molecule has 3 rings (SSSR count). The van der Waals surface area contributed by atoms with Crippen molar-refractivity contribution >= 4 is 17.7 Å². The van der Waals surface area contributed by atoms with Gasteiger partial charge in [0.25, 0.3) is 0 Å². The maximum absolute atomic E-state index is 12.1. The van der Waals surface area contributed by atoms with Crippen molar-refractivity contribution in [3.63, 3.8) is 0 Å². The van der Waals surface area contributed by atoms with E-state index in [1.165, 1.54) is 0 Å². The average Bonchev–Trinajstić information content (AvgIpc) is 2.68. The van der Waals surface area contributed by atoms with Gasteiger partial charge in [-0.05, 0) is 32.4 Å². The Morgan fingerprint density at radius 3 is 2.64 bits per heavy atom. The molecular weight excluding hydrogens is 304 g/mol. The van der Waals surface area contributed by atoms with Gasteiger partial charge in [0.05, 0.1) is 6.04 Å². The van der Waals surface area contributed by atoms with E-state index in [9.17, 15) is 4.79 Å². The summed E-state index contributed by atoms with van der Waals surface area (Å²) < 4.78 is 5.45. The van der Waals surface area contributed by atoms with E-state index in [0.717, 1.165) is 31.7 Å². The third-order valence-electron chi connectivity index (χ3n) is 4.02. The number of rotatable bonds is 2. The fourth-order valence-electron chi connectivity index (χ4n) is 3.06. The molecule has 1 amide bonds. The molecule has 0 N–H and O–H groups in total. The van der Waals surface area contributed by atoms with Crippen molar-refractivity contribution in [2.45, 2.75) is 39.0 Å². The van der Waals surface area contributed by atoms with Crippen LogP contribution in [0.25, 0.3) is 0 Å². The summed E-state index contributed by atoms with van der Waals surface area (Å²) in [6.45, 7) is 9.11. The van der Waals surface area contributed by atoms with E-state index in [1.54, 1.807) is 12.4 Å². The molecule has 0 bridgehead atoms. The fraction of sp³-hybridized carbons (Fsp3) is 0.667. The minimum absolute atomic E-state index is 0.203. The molecule has 0 aromatic carbocycles. The number of ether oxygens (including phenoxy) is 1. The first-order valence-electron chi connectivity index (χ1n) is 7.50. The van der Waals surface area contributed by atoms with Crippen LogP contribution in [0.2, 0.25) is 5.28 Å². The van der Waals surface area contributed by atoms with E-state index in [4.69, 9.17) is 16.3 Å². The molecular formula is C15H21ClN4O2. The maximum Gasteiger partial charge on any atom is 0.410 e. The van der Waals surface area contributed by atoms with Crippen LogP contribution in [0.3, 0.4) is 0 Å². The number of amides is 1. The zero-order valence-corrected chi connectivity index (χ0v) is 13.9. The number of carbonyl (C=O) groups excluding carboxylic acids is 1. The largest absolute Gasteiger partial charge is 0.444 e. The van der Waals surface area contributed by atoms with E-state index in [0.29, 0.717) is 5.92 Å². The number of likely N-dealkylation sites (tertiary alicyclic amines) is 2. The molecule has 2 atom stereocenters. The van der Waals surface area contributed by atoms with Crippen LogP contribution in [0.1, 0.15) is 26.3 Å². The molecule has 1 aromatic heterocycles. The van der Waals surface area contributed by atoms with E-state index in [1.807, 2.05) is 25.7 Å². The van der Waals surface area contributed by atoms with Crippen LogP contribution in [0.4, 0.5) is 4.79 Å². The van der Waals surface area contributed by atoms with Crippen LogP contribution in [-0.4, -0.2) is 57.1 Å². The number of carbonyl (C=O) groups is 1. The van der Waals surface area contributed by atoms with Gasteiger partial charge >= 0.3 is 6.09 Å².